The highest BCUT2D eigenvalue weighted by Crippen LogP contribution is 2.36. The van der Waals surface area contributed by atoms with E-state index in [9.17, 15) is 4.79 Å². The molecule has 0 bridgehead atoms. The van der Waals surface area contributed by atoms with Crippen LogP contribution < -0.4 is 0 Å². The number of amides is 1. The molecule has 1 amide bonds. The Bertz CT molecular complexity index is 783. The lowest BCUT2D eigenvalue weighted by Crippen LogP contribution is -2.44. The number of hydrogen-bond acceptors (Lipinski definition) is 4. The highest BCUT2D eigenvalue weighted by molar-refractivity contribution is 5.76. The monoisotopic (exact) mass is 341 g/mol. The Hall–Kier alpha value is -1.98. The topological polar surface area (TPSA) is 63.4 Å². The third kappa shape index (κ3) is 3.14. The molecule has 0 aromatic carbocycles. The molecule has 6 nitrogen and oxygen atoms in total. The Morgan fingerprint density at radius 3 is 2.84 bits per heavy atom. The van der Waals surface area contributed by atoms with Gasteiger partial charge in [0, 0.05) is 30.9 Å². The van der Waals surface area contributed by atoms with E-state index in [4.69, 9.17) is 0 Å². The van der Waals surface area contributed by atoms with Crippen molar-refractivity contribution < 1.29 is 4.79 Å². The van der Waals surface area contributed by atoms with Crippen molar-refractivity contribution in [3.8, 4) is 0 Å². The molecule has 6 heteroatoms. The number of likely N-dealkylation sites (tertiary alicyclic amines) is 1. The smallest absolute Gasteiger partial charge is 0.252 e. The van der Waals surface area contributed by atoms with E-state index in [-0.39, 0.29) is 0 Å². The van der Waals surface area contributed by atoms with Gasteiger partial charge in [0.25, 0.3) is 5.78 Å². The van der Waals surface area contributed by atoms with E-state index in [1.54, 1.807) is 4.52 Å². The molecule has 134 valence electrons. The van der Waals surface area contributed by atoms with Gasteiger partial charge in [-0.2, -0.15) is 10.1 Å². The first-order valence-corrected chi connectivity index (χ1v) is 9.57. The van der Waals surface area contributed by atoms with Gasteiger partial charge in [0.1, 0.15) is 6.33 Å². The number of hydrogen-bond donors (Lipinski definition) is 0. The maximum Gasteiger partial charge on any atom is 0.252 e. The van der Waals surface area contributed by atoms with Crippen LogP contribution in [0.3, 0.4) is 0 Å². The highest BCUT2D eigenvalue weighted by Gasteiger charge is 2.32. The normalized spacial score (nSPS) is 23.7. The molecule has 0 unspecified atom stereocenters. The van der Waals surface area contributed by atoms with Crippen LogP contribution in [0, 0.1) is 25.7 Å². The zero-order valence-electron chi connectivity index (χ0n) is 15.2. The number of nitrogens with zero attached hydrogens (tertiary/aromatic N) is 5. The van der Waals surface area contributed by atoms with Crippen LogP contribution >= 0.6 is 0 Å². The molecule has 25 heavy (non-hydrogen) atoms. The number of piperidine rings is 1. The van der Waals surface area contributed by atoms with E-state index in [0.29, 0.717) is 18.1 Å². The van der Waals surface area contributed by atoms with Gasteiger partial charge in [-0.1, -0.05) is 19.3 Å². The lowest BCUT2D eigenvalue weighted by molar-refractivity contribution is -0.134. The van der Waals surface area contributed by atoms with E-state index < -0.39 is 0 Å². The molecule has 1 saturated carbocycles. The molecule has 2 fully saturated rings. The molecule has 2 aromatic heterocycles. The molecule has 3 heterocycles. The summed E-state index contributed by atoms with van der Waals surface area (Å²) in [6.45, 7) is 5.94. The summed E-state index contributed by atoms with van der Waals surface area (Å²) in [5, 5.41) is 4.23. The molecule has 1 aliphatic carbocycles. The van der Waals surface area contributed by atoms with Crippen LogP contribution in [0.2, 0.25) is 0 Å². The summed E-state index contributed by atoms with van der Waals surface area (Å²) in [5.74, 6) is 2.52. The molecule has 1 aliphatic heterocycles. The van der Waals surface area contributed by atoms with Gasteiger partial charge in [-0.15, -0.1) is 0 Å². The maximum absolute atomic E-state index is 12.8. The number of carbonyl (C=O) groups is 1. The average Bonchev–Trinajstić information content (AvgIpc) is 3.09. The zero-order chi connectivity index (χ0) is 17.4. The number of aryl methyl sites for hydroxylation is 2. The minimum absolute atomic E-state index is 0.293. The second-order valence-corrected chi connectivity index (χ2v) is 7.67. The van der Waals surface area contributed by atoms with Crippen LogP contribution in [0.15, 0.2) is 6.33 Å². The first kappa shape index (κ1) is 16.5. The minimum atomic E-state index is 0.293. The van der Waals surface area contributed by atoms with Crippen molar-refractivity contribution in [2.24, 2.45) is 11.8 Å². The summed E-state index contributed by atoms with van der Waals surface area (Å²) in [5.41, 5.74) is 3.12. The fourth-order valence-corrected chi connectivity index (χ4v) is 4.73. The molecular weight excluding hydrogens is 314 g/mol. The third-order valence-electron chi connectivity index (χ3n) is 6.22. The summed E-state index contributed by atoms with van der Waals surface area (Å²) in [7, 11) is 0. The van der Waals surface area contributed by atoms with Gasteiger partial charge in [0.05, 0.1) is 0 Å². The third-order valence-corrected chi connectivity index (χ3v) is 6.22. The summed E-state index contributed by atoms with van der Waals surface area (Å²) in [4.78, 5) is 23.5. The van der Waals surface area contributed by atoms with E-state index in [2.05, 4.69) is 20.0 Å². The van der Waals surface area contributed by atoms with Crippen LogP contribution in [0.5, 0.6) is 0 Å². The fourth-order valence-electron chi connectivity index (χ4n) is 4.73. The van der Waals surface area contributed by atoms with Crippen molar-refractivity contribution in [2.75, 3.05) is 13.1 Å². The van der Waals surface area contributed by atoms with Gasteiger partial charge in [-0.3, -0.25) is 4.79 Å². The molecule has 0 spiro atoms. The zero-order valence-corrected chi connectivity index (χ0v) is 15.2. The fraction of sp³-hybridized carbons (Fsp3) is 0.684. The largest absolute Gasteiger partial charge is 0.342 e. The highest BCUT2D eigenvalue weighted by atomic mass is 16.2. The SMILES string of the molecule is Cc1nc2ncnn2c(C)c1CCC(=O)N1CC[C@H]2CCCC[C@@H]2C1. The van der Waals surface area contributed by atoms with Crippen molar-refractivity contribution >= 4 is 11.7 Å². The predicted octanol–water partition coefficient (Wildman–Crippen LogP) is 2.71. The van der Waals surface area contributed by atoms with Gasteiger partial charge in [-0.25, -0.2) is 9.50 Å². The van der Waals surface area contributed by atoms with Crippen molar-refractivity contribution in [1.29, 1.82) is 0 Å². The van der Waals surface area contributed by atoms with Crippen LogP contribution in [-0.2, 0) is 11.2 Å². The van der Waals surface area contributed by atoms with Gasteiger partial charge in [-0.05, 0) is 50.5 Å². The Balaban J connectivity index is 1.42. The van der Waals surface area contributed by atoms with Crippen molar-refractivity contribution in [2.45, 2.75) is 58.8 Å². The summed E-state index contributed by atoms with van der Waals surface area (Å²) in [6, 6.07) is 0. The molecule has 2 atom stereocenters. The number of carbonyl (C=O) groups excluding carboxylic acids is 1. The quantitative estimate of drug-likeness (QED) is 0.861. The Kier molecular flexibility index (Phi) is 4.44. The van der Waals surface area contributed by atoms with E-state index in [1.165, 1.54) is 38.4 Å². The molecule has 0 radical (unpaired) electrons. The van der Waals surface area contributed by atoms with Gasteiger partial charge in [0.15, 0.2) is 0 Å². The Labute approximate surface area is 148 Å². The van der Waals surface area contributed by atoms with Gasteiger partial charge in [0.2, 0.25) is 5.91 Å². The van der Waals surface area contributed by atoms with Crippen molar-refractivity contribution in [3.63, 3.8) is 0 Å². The first-order chi connectivity index (χ1) is 12.1. The lowest BCUT2D eigenvalue weighted by Gasteiger charge is -2.41. The summed E-state index contributed by atoms with van der Waals surface area (Å²) in [6.07, 6.45) is 9.40. The molecule has 2 aliphatic rings. The van der Waals surface area contributed by atoms with Crippen molar-refractivity contribution in [3.05, 3.63) is 23.3 Å². The molecule has 1 saturated heterocycles. The number of rotatable bonds is 3. The number of aromatic nitrogens is 4. The first-order valence-electron chi connectivity index (χ1n) is 9.57. The minimum Gasteiger partial charge on any atom is -0.342 e. The standard InChI is InChI=1S/C19H27N5O/c1-13-17(14(2)24-19(22-13)20-12-21-24)7-8-18(25)23-10-9-15-5-3-4-6-16(15)11-23/h12,15-16H,3-11H2,1-2H3/t15-,16-/m1/s1. The number of fused-ring (bicyclic) bond motifs is 2. The molecular formula is C19H27N5O. The summed E-state index contributed by atoms with van der Waals surface area (Å²) >= 11 is 0. The lowest BCUT2D eigenvalue weighted by atomic mass is 9.75. The van der Waals surface area contributed by atoms with Crippen LogP contribution in [0.4, 0.5) is 0 Å². The van der Waals surface area contributed by atoms with Crippen LogP contribution in [-0.4, -0.2) is 43.5 Å². The van der Waals surface area contributed by atoms with E-state index >= 15 is 0 Å². The van der Waals surface area contributed by atoms with E-state index in [1.807, 2.05) is 13.8 Å². The maximum atomic E-state index is 12.8. The second-order valence-electron chi connectivity index (χ2n) is 7.67. The Morgan fingerprint density at radius 2 is 2.00 bits per heavy atom. The molecule has 2 aromatic rings. The molecule has 4 rings (SSSR count). The van der Waals surface area contributed by atoms with Gasteiger partial charge < -0.3 is 4.90 Å². The van der Waals surface area contributed by atoms with Gasteiger partial charge >= 0.3 is 0 Å². The van der Waals surface area contributed by atoms with Crippen molar-refractivity contribution in [1.82, 2.24) is 24.5 Å². The molecule has 0 N–H and O–H groups in total. The van der Waals surface area contributed by atoms with E-state index in [0.717, 1.165) is 48.3 Å². The predicted molar refractivity (Wildman–Crippen MR) is 95.2 cm³/mol. The Morgan fingerprint density at radius 1 is 1.20 bits per heavy atom. The van der Waals surface area contributed by atoms with Crippen LogP contribution in [0.1, 0.15) is 55.5 Å². The average molecular weight is 341 g/mol. The second kappa shape index (κ2) is 6.73. The van der Waals surface area contributed by atoms with Crippen LogP contribution in [0.25, 0.3) is 5.78 Å². The summed E-state index contributed by atoms with van der Waals surface area (Å²) < 4.78 is 1.76.